The molecule has 0 aliphatic rings. The number of sulfonamides is 1. The van der Waals surface area contributed by atoms with E-state index in [4.69, 9.17) is 0 Å². The number of hydrogen-bond acceptors (Lipinski definition) is 2. The minimum atomic E-state index is -3.64. The predicted octanol–water partition coefficient (Wildman–Crippen LogP) is 3.57. The van der Waals surface area contributed by atoms with Crippen molar-refractivity contribution in [2.24, 2.45) is 4.40 Å². The van der Waals surface area contributed by atoms with E-state index >= 15 is 0 Å². The van der Waals surface area contributed by atoms with Crippen LogP contribution < -0.4 is 0 Å². The van der Waals surface area contributed by atoms with Crippen LogP contribution in [0.15, 0.2) is 63.9 Å². The van der Waals surface area contributed by atoms with E-state index < -0.39 is 10.0 Å². The molecule has 5 heteroatoms. The molecule has 2 aromatic carbocycles. The van der Waals surface area contributed by atoms with E-state index in [2.05, 4.69) is 4.40 Å². The highest BCUT2D eigenvalue weighted by molar-refractivity contribution is 14.1. The smallest absolute Gasteiger partial charge is 0.199 e. The monoisotopic (exact) mass is 385 g/mol. The topological polar surface area (TPSA) is 46.5 Å². The molecule has 98 valence electrons. The fourth-order valence-electron chi connectivity index (χ4n) is 1.50. The summed E-state index contributed by atoms with van der Waals surface area (Å²) in [5, 5.41) is 0. The van der Waals surface area contributed by atoms with Gasteiger partial charge in [-0.3, -0.25) is 0 Å². The van der Waals surface area contributed by atoms with Crippen molar-refractivity contribution in [1.82, 2.24) is 0 Å². The van der Waals surface area contributed by atoms with Gasteiger partial charge in [0.25, 0.3) is 10.0 Å². The molecule has 19 heavy (non-hydrogen) atoms. The van der Waals surface area contributed by atoms with Crippen LogP contribution in [0.4, 0.5) is 0 Å². The summed E-state index contributed by atoms with van der Waals surface area (Å²) in [6.07, 6.45) is 0. The van der Waals surface area contributed by atoms with Gasteiger partial charge in [0.05, 0.1) is 4.90 Å². The third kappa shape index (κ3) is 3.63. The second-order valence-corrected chi connectivity index (χ2v) is 6.66. The lowest BCUT2D eigenvalue weighted by Gasteiger charge is -2.02. The van der Waals surface area contributed by atoms with E-state index in [0.717, 1.165) is 11.1 Å². The van der Waals surface area contributed by atoms with Crippen molar-refractivity contribution in [3.63, 3.8) is 0 Å². The summed E-state index contributed by atoms with van der Waals surface area (Å²) in [4.78, 5) is 0.211. The van der Waals surface area contributed by atoms with Gasteiger partial charge in [0.2, 0.25) is 0 Å². The van der Waals surface area contributed by atoms with E-state index in [0.29, 0.717) is 3.72 Å². The van der Waals surface area contributed by atoms with Gasteiger partial charge < -0.3 is 0 Å². The first-order valence-corrected chi connectivity index (χ1v) is 8.13. The van der Waals surface area contributed by atoms with Crippen molar-refractivity contribution in [3.8, 4) is 0 Å². The second-order valence-electron chi connectivity index (χ2n) is 4.04. The van der Waals surface area contributed by atoms with Crippen LogP contribution in [0.25, 0.3) is 0 Å². The van der Waals surface area contributed by atoms with Crippen LogP contribution in [0.5, 0.6) is 0 Å². The molecule has 0 fully saturated rings. The Kier molecular flexibility index (Phi) is 4.36. The largest absolute Gasteiger partial charge is 0.283 e. The summed E-state index contributed by atoms with van der Waals surface area (Å²) in [7, 11) is -3.64. The van der Waals surface area contributed by atoms with Gasteiger partial charge in [-0.1, -0.05) is 48.0 Å². The highest BCUT2D eigenvalue weighted by Gasteiger charge is 2.13. The summed E-state index contributed by atoms with van der Waals surface area (Å²) in [5.41, 5.74) is 1.81. The minimum Gasteiger partial charge on any atom is -0.199 e. The summed E-state index contributed by atoms with van der Waals surface area (Å²) < 4.78 is 28.6. The van der Waals surface area contributed by atoms with Gasteiger partial charge >= 0.3 is 0 Å². The van der Waals surface area contributed by atoms with Crippen molar-refractivity contribution < 1.29 is 8.42 Å². The van der Waals surface area contributed by atoms with Crippen molar-refractivity contribution in [1.29, 1.82) is 0 Å². The number of aryl methyl sites for hydroxylation is 1. The zero-order valence-electron chi connectivity index (χ0n) is 10.2. The van der Waals surface area contributed by atoms with Crippen LogP contribution >= 0.6 is 22.6 Å². The number of halogens is 1. The zero-order chi connectivity index (χ0) is 13.9. The Bertz CT molecular complexity index is 692. The maximum absolute atomic E-state index is 12.1. The molecule has 0 amide bonds. The predicted molar refractivity (Wildman–Crippen MR) is 85.4 cm³/mol. The molecule has 0 heterocycles. The average molecular weight is 385 g/mol. The Labute approximate surface area is 126 Å². The Morgan fingerprint density at radius 1 is 1.00 bits per heavy atom. The minimum absolute atomic E-state index is 0.211. The number of benzene rings is 2. The van der Waals surface area contributed by atoms with Crippen molar-refractivity contribution in [2.75, 3.05) is 0 Å². The van der Waals surface area contributed by atoms with Gasteiger partial charge in [-0.2, -0.15) is 12.8 Å². The van der Waals surface area contributed by atoms with Gasteiger partial charge in [-0.15, -0.1) is 0 Å². The Morgan fingerprint density at radius 3 is 2.16 bits per heavy atom. The lowest BCUT2D eigenvalue weighted by Crippen LogP contribution is -2.01. The van der Waals surface area contributed by atoms with Crippen molar-refractivity contribution in [2.45, 2.75) is 11.8 Å². The third-order valence-electron chi connectivity index (χ3n) is 2.53. The maximum Gasteiger partial charge on any atom is 0.283 e. The molecule has 0 aliphatic carbocycles. The average Bonchev–Trinajstić information content (AvgIpc) is 2.40. The van der Waals surface area contributed by atoms with Gasteiger partial charge in [-0.25, -0.2) is 0 Å². The van der Waals surface area contributed by atoms with E-state index in [-0.39, 0.29) is 4.90 Å². The molecule has 0 aliphatic heterocycles. The Morgan fingerprint density at radius 2 is 1.58 bits per heavy atom. The van der Waals surface area contributed by atoms with Crippen LogP contribution in [-0.2, 0) is 10.0 Å². The Hall–Kier alpha value is -1.21. The SMILES string of the molecule is Cc1ccc(S(=O)(=O)/N=C(\I)c2ccccc2)cc1. The molecule has 3 nitrogen and oxygen atoms in total. The molecular weight excluding hydrogens is 373 g/mol. The van der Waals surface area contributed by atoms with Crippen LogP contribution in [0.3, 0.4) is 0 Å². The van der Waals surface area contributed by atoms with Crippen molar-refractivity contribution >= 4 is 36.3 Å². The molecule has 0 unspecified atom stereocenters. The molecule has 0 spiro atoms. The summed E-state index contributed by atoms with van der Waals surface area (Å²) in [6, 6.07) is 15.9. The van der Waals surface area contributed by atoms with E-state index in [1.54, 1.807) is 24.3 Å². The van der Waals surface area contributed by atoms with E-state index in [1.165, 1.54) is 0 Å². The summed E-state index contributed by atoms with van der Waals surface area (Å²) in [5.74, 6) is 0. The fourth-order valence-corrected chi connectivity index (χ4v) is 3.54. The molecule has 0 bridgehead atoms. The Balaban J connectivity index is 2.39. The molecule has 2 aromatic rings. The molecule has 0 N–H and O–H groups in total. The molecule has 2 rings (SSSR count). The molecule has 0 radical (unpaired) electrons. The molecule has 0 atom stereocenters. The molecule has 0 saturated heterocycles. The summed E-state index contributed by atoms with van der Waals surface area (Å²) >= 11 is 1.94. The van der Waals surface area contributed by atoms with E-state index in [9.17, 15) is 8.42 Å². The van der Waals surface area contributed by atoms with Crippen LogP contribution in [0.1, 0.15) is 11.1 Å². The first-order valence-electron chi connectivity index (χ1n) is 5.61. The van der Waals surface area contributed by atoms with E-state index in [1.807, 2.05) is 59.8 Å². The first kappa shape index (κ1) is 14.2. The third-order valence-corrected chi connectivity index (χ3v) is 5.01. The highest BCUT2D eigenvalue weighted by Crippen LogP contribution is 2.16. The van der Waals surface area contributed by atoms with Crippen LogP contribution in [0.2, 0.25) is 0 Å². The summed E-state index contributed by atoms with van der Waals surface area (Å²) in [6.45, 7) is 1.91. The van der Waals surface area contributed by atoms with Crippen LogP contribution in [-0.4, -0.2) is 12.1 Å². The van der Waals surface area contributed by atoms with Gasteiger partial charge in [0.1, 0.15) is 3.72 Å². The van der Waals surface area contributed by atoms with Gasteiger partial charge in [-0.05, 0) is 41.6 Å². The normalized spacial score (nSPS) is 12.4. The fraction of sp³-hybridized carbons (Fsp3) is 0.0714. The number of rotatable bonds is 3. The standard InChI is InChI=1S/C14H12INO2S/c1-11-7-9-13(10-8-11)19(17,18)16-14(15)12-5-3-2-4-6-12/h2-10H,1H3/b16-14-. The van der Waals surface area contributed by atoms with Gasteiger partial charge in [0, 0.05) is 5.56 Å². The van der Waals surface area contributed by atoms with Gasteiger partial charge in [0.15, 0.2) is 0 Å². The maximum atomic E-state index is 12.1. The molecule has 0 saturated carbocycles. The number of hydrogen-bond donors (Lipinski definition) is 0. The van der Waals surface area contributed by atoms with Crippen LogP contribution in [0, 0.1) is 6.92 Å². The van der Waals surface area contributed by atoms with Crippen molar-refractivity contribution in [3.05, 3.63) is 65.7 Å². The first-order chi connectivity index (χ1) is 8.99. The zero-order valence-corrected chi connectivity index (χ0v) is 13.2. The number of nitrogens with zero attached hydrogens (tertiary/aromatic N) is 1. The second kappa shape index (κ2) is 5.83. The highest BCUT2D eigenvalue weighted by atomic mass is 127. The quantitative estimate of drug-likeness (QED) is 0.599. The molecule has 0 aromatic heterocycles. The lowest BCUT2D eigenvalue weighted by molar-refractivity contribution is 0.598. The lowest BCUT2D eigenvalue weighted by atomic mass is 10.2. The molecular formula is C14H12INO2S.